The third-order valence-corrected chi connectivity index (χ3v) is 5.51. The van der Waals surface area contributed by atoms with Crippen molar-refractivity contribution in [3.63, 3.8) is 0 Å². The molecule has 0 unspecified atom stereocenters. The van der Waals surface area contributed by atoms with Crippen LogP contribution in [-0.4, -0.2) is 47.2 Å². The van der Waals surface area contributed by atoms with Gasteiger partial charge in [0.2, 0.25) is 5.43 Å². The number of halogens is 1. The molecule has 0 saturated carbocycles. The van der Waals surface area contributed by atoms with Gasteiger partial charge in [0.1, 0.15) is 16.1 Å². The molecule has 2 aromatic heterocycles. The summed E-state index contributed by atoms with van der Waals surface area (Å²) in [6.45, 7) is 2.53. The molecule has 0 radical (unpaired) electrons. The summed E-state index contributed by atoms with van der Waals surface area (Å²) >= 11 is 1.18. The average Bonchev–Trinajstić information content (AvgIpc) is 3.07. The van der Waals surface area contributed by atoms with Gasteiger partial charge in [-0.2, -0.15) is 0 Å². The summed E-state index contributed by atoms with van der Waals surface area (Å²) < 4.78 is 14.2. The van der Waals surface area contributed by atoms with E-state index >= 15 is 0 Å². The quantitative estimate of drug-likeness (QED) is 0.730. The van der Waals surface area contributed by atoms with Crippen LogP contribution in [0.1, 0.15) is 10.4 Å². The smallest absolute Gasteiger partial charge is 0.341 e. The number of aromatic carboxylic acids is 1. The van der Waals surface area contributed by atoms with Crippen LogP contribution in [0, 0.1) is 5.82 Å². The molecule has 9 heteroatoms. The summed E-state index contributed by atoms with van der Waals surface area (Å²) in [5.41, 5.74) is 0.145. The van der Waals surface area contributed by atoms with Gasteiger partial charge in [0.25, 0.3) is 0 Å². The van der Waals surface area contributed by atoms with Crippen molar-refractivity contribution in [2.75, 3.05) is 36.0 Å². The third kappa shape index (κ3) is 2.80. The molecule has 0 amide bonds. The van der Waals surface area contributed by atoms with Crippen LogP contribution in [0.15, 0.2) is 35.3 Å². The highest BCUT2D eigenvalue weighted by Gasteiger charge is 2.23. The summed E-state index contributed by atoms with van der Waals surface area (Å²) in [4.78, 5) is 34.5. The molecular weight excluding hydrogens is 359 g/mol. The number of carbonyl (C=O) groups is 1. The predicted octanol–water partition coefficient (Wildman–Crippen LogP) is 2.15. The second-order valence-electron chi connectivity index (χ2n) is 5.94. The van der Waals surface area contributed by atoms with Gasteiger partial charge in [0.05, 0.1) is 5.69 Å². The fourth-order valence-electron chi connectivity index (χ4n) is 3.03. The Kier molecular flexibility index (Phi) is 4.08. The van der Waals surface area contributed by atoms with E-state index in [9.17, 15) is 14.0 Å². The number of aromatic amines is 1. The van der Waals surface area contributed by atoms with E-state index in [0.29, 0.717) is 47.3 Å². The number of carboxylic acid groups (broad SMARTS) is 1. The number of rotatable bonds is 3. The monoisotopic (exact) mass is 374 g/mol. The van der Waals surface area contributed by atoms with Crippen LogP contribution < -0.4 is 15.2 Å². The normalized spacial score (nSPS) is 14.8. The summed E-state index contributed by atoms with van der Waals surface area (Å²) in [5, 5.41) is 9.71. The van der Waals surface area contributed by atoms with E-state index in [4.69, 9.17) is 5.11 Å². The Morgan fingerprint density at radius 3 is 2.58 bits per heavy atom. The lowest BCUT2D eigenvalue weighted by molar-refractivity contribution is 0.0695. The number of hydrogen-bond donors (Lipinski definition) is 2. The predicted molar refractivity (Wildman–Crippen MR) is 98.0 cm³/mol. The first-order valence-electron chi connectivity index (χ1n) is 8.04. The van der Waals surface area contributed by atoms with Crippen LogP contribution in [0.2, 0.25) is 0 Å². The van der Waals surface area contributed by atoms with Crippen LogP contribution in [0.25, 0.3) is 10.3 Å². The Hall–Kier alpha value is -2.94. The van der Waals surface area contributed by atoms with Crippen molar-refractivity contribution in [1.82, 2.24) is 9.97 Å². The van der Waals surface area contributed by atoms with Gasteiger partial charge in [-0.25, -0.2) is 14.2 Å². The van der Waals surface area contributed by atoms with Crippen LogP contribution in [-0.2, 0) is 0 Å². The number of benzene rings is 1. The average molecular weight is 374 g/mol. The minimum Gasteiger partial charge on any atom is -0.477 e. The number of nitrogens with one attached hydrogen (secondary N) is 1. The summed E-state index contributed by atoms with van der Waals surface area (Å²) in [7, 11) is 0. The molecule has 0 bridgehead atoms. The lowest BCUT2D eigenvalue weighted by atomic mass is 10.2. The van der Waals surface area contributed by atoms with Crippen molar-refractivity contribution < 1.29 is 14.3 Å². The second kappa shape index (κ2) is 6.41. The van der Waals surface area contributed by atoms with Gasteiger partial charge < -0.3 is 19.9 Å². The Morgan fingerprint density at radius 2 is 1.88 bits per heavy atom. The van der Waals surface area contributed by atoms with Gasteiger partial charge in [0, 0.05) is 32.4 Å². The van der Waals surface area contributed by atoms with Crippen molar-refractivity contribution in [3.8, 4) is 0 Å². The fraction of sp³-hybridized carbons (Fsp3) is 0.235. The zero-order valence-electron chi connectivity index (χ0n) is 13.6. The highest BCUT2D eigenvalue weighted by atomic mass is 32.1. The van der Waals surface area contributed by atoms with Gasteiger partial charge in [-0.1, -0.05) is 23.5 Å². The fourth-order valence-corrected chi connectivity index (χ4v) is 4.06. The van der Waals surface area contributed by atoms with Gasteiger partial charge >= 0.3 is 5.97 Å². The van der Waals surface area contributed by atoms with Crippen LogP contribution >= 0.6 is 11.3 Å². The Bertz CT molecular complexity index is 1040. The number of nitrogens with zero attached hydrogens (tertiary/aromatic N) is 3. The topological polar surface area (TPSA) is 89.5 Å². The summed E-state index contributed by atoms with van der Waals surface area (Å²) in [6, 6.07) is 6.68. The first-order valence-corrected chi connectivity index (χ1v) is 8.86. The van der Waals surface area contributed by atoms with E-state index in [-0.39, 0.29) is 11.4 Å². The van der Waals surface area contributed by atoms with E-state index in [1.165, 1.54) is 23.6 Å². The molecule has 1 aromatic carbocycles. The maximum Gasteiger partial charge on any atom is 0.341 e. The molecule has 4 rings (SSSR count). The van der Waals surface area contributed by atoms with Crippen LogP contribution in [0.4, 0.5) is 15.2 Å². The first kappa shape index (κ1) is 16.5. The Balaban J connectivity index is 1.56. The number of pyridine rings is 1. The molecule has 0 spiro atoms. The van der Waals surface area contributed by atoms with Gasteiger partial charge in [0.15, 0.2) is 10.8 Å². The minimum atomic E-state index is -1.26. The number of piperazine rings is 1. The number of hydrogen-bond acceptors (Lipinski definition) is 6. The zero-order valence-corrected chi connectivity index (χ0v) is 14.4. The molecule has 1 aliphatic rings. The molecular formula is C17H15FN4O3S. The molecule has 3 aromatic rings. The van der Waals surface area contributed by atoms with Crippen molar-refractivity contribution in [2.45, 2.75) is 0 Å². The van der Waals surface area contributed by atoms with E-state index in [0.717, 1.165) is 0 Å². The van der Waals surface area contributed by atoms with Crippen molar-refractivity contribution in [2.24, 2.45) is 0 Å². The number of carboxylic acids is 1. The molecule has 1 fully saturated rings. The number of para-hydroxylation sites is 1. The van der Waals surface area contributed by atoms with Crippen molar-refractivity contribution in [3.05, 3.63) is 52.1 Å². The van der Waals surface area contributed by atoms with E-state index in [1.807, 2.05) is 15.9 Å². The summed E-state index contributed by atoms with van der Waals surface area (Å²) in [5.74, 6) is -1.51. The van der Waals surface area contributed by atoms with E-state index in [1.54, 1.807) is 12.1 Å². The van der Waals surface area contributed by atoms with Crippen LogP contribution in [0.3, 0.4) is 0 Å². The lowest BCUT2D eigenvalue weighted by Crippen LogP contribution is -2.46. The summed E-state index contributed by atoms with van der Waals surface area (Å²) in [6.07, 6.45) is 1.17. The second-order valence-corrected chi connectivity index (χ2v) is 6.91. The van der Waals surface area contributed by atoms with E-state index < -0.39 is 11.4 Å². The molecule has 2 N–H and O–H groups in total. The maximum absolute atomic E-state index is 13.9. The van der Waals surface area contributed by atoms with Gasteiger partial charge in [-0.05, 0) is 12.1 Å². The molecule has 1 saturated heterocycles. The number of aromatic nitrogens is 2. The highest BCUT2D eigenvalue weighted by Crippen LogP contribution is 2.28. The molecule has 134 valence electrons. The molecule has 0 aliphatic carbocycles. The molecule has 26 heavy (non-hydrogen) atoms. The number of anilines is 2. The maximum atomic E-state index is 13.9. The number of fused-ring (bicyclic) bond motifs is 1. The Morgan fingerprint density at radius 1 is 1.19 bits per heavy atom. The van der Waals surface area contributed by atoms with Crippen molar-refractivity contribution in [1.29, 1.82) is 0 Å². The molecule has 3 heterocycles. The number of H-pyrrole nitrogens is 1. The zero-order chi connectivity index (χ0) is 18.3. The lowest BCUT2D eigenvalue weighted by Gasteiger charge is -2.36. The van der Waals surface area contributed by atoms with Gasteiger partial charge in [-0.3, -0.25) is 4.79 Å². The molecule has 0 atom stereocenters. The molecule has 7 nitrogen and oxygen atoms in total. The minimum absolute atomic E-state index is 0.243. The Labute approximate surface area is 151 Å². The first-order chi connectivity index (χ1) is 12.5. The van der Waals surface area contributed by atoms with E-state index in [2.05, 4.69) is 9.97 Å². The number of thiazole rings is 1. The van der Waals surface area contributed by atoms with Crippen molar-refractivity contribution >= 4 is 38.5 Å². The largest absolute Gasteiger partial charge is 0.477 e. The standard InChI is InChI=1S/C17H15FN4O3S/c18-11-3-1-2-4-12(11)21-5-7-22(8-6-21)17-20-15-14(26-17)13(23)10(9-19-15)16(24)25/h1-4,9H,5-8H2,(H,19,23)(H,24,25). The van der Waals surface area contributed by atoms with Gasteiger partial charge in [-0.15, -0.1) is 0 Å². The highest BCUT2D eigenvalue weighted by molar-refractivity contribution is 7.22. The SMILES string of the molecule is O=C(O)c1c[nH]c2nc(N3CCN(c4ccccc4F)CC3)sc2c1=O. The van der Waals surface area contributed by atoms with Crippen LogP contribution in [0.5, 0.6) is 0 Å². The molecule has 1 aliphatic heterocycles. The third-order valence-electron chi connectivity index (χ3n) is 4.39.